The van der Waals surface area contributed by atoms with Crippen molar-refractivity contribution in [2.24, 2.45) is 11.8 Å². The number of alkyl halides is 3. The van der Waals surface area contributed by atoms with Crippen LogP contribution in [0.4, 0.5) is 26.0 Å². The third-order valence-electron chi connectivity index (χ3n) is 13.8. The number of ether oxygens (including phenoxy) is 1. The molecule has 5 aliphatic heterocycles. The van der Waals surface area contributed by atoms with E-state index in [9.17, 15) is 37.9 Å². The number of carbonyl (C=O) groups is 5. The number of pyridine rings is 1. The first-order valence-corrected chi connectivity index (χ1v) is 22.1. The highest BCUT2D eigenvalue weighted by Crippen LogP contribution is 2.44. The van der Waals surface area contributed by atoms with Crippen molar-refractivity contribution in [1.29, 1.82) is 0 Å². The molecular formula is C45H46ClF2N9O7. The third-order valence-corrected chi connectivity index (χ3v) is 13.8. The molecule has 4 saturated heterocycles. The lowest BCUT2D eigenvalue weighted by atomic mass is 10.0. The monoisotopic (exact) mass is 897 g/mol. The summed E-state index contributed by atoms with van der Waals surface area (Å²) in [5.41, 5.74) is -0.227. The predicted octanol–water partition coefficient (Wildman–Crippen LogP) is 4.89. The Bertz CT molecular complexity index is 2510. The highest BCUT2D eigenvalue weighted by atomic mass is 35.5. The average Bonchev–Trinajstić information content (AvgIpc) is 4.12. The number of β-amino-alcohol motifs (C(OH)–C–C–N with tert-alkyl or cyclic N) is 1. The van der Waals surface area contributed by atoms with Gasteiger partial charge in [0.15, 0.2) is 0 Å². The van der Waals surface area contributed by atoms with Gasteiger partial charge in [0.05, 0.1) is 35.0 Å². The van der Waals surface area contributed by atoms with Crippen LogP contribution < -0.4 is 25.2 Å². The Kier molecular flexibility index (Phi) is 10.9. The fraction of sp³-hybridized carbons (Fsp3) is 0.444. The zero-order valence-corrected chi connectivity index (χ0v) is 35.4. The number of carbonyl (C=O) groups excluding carboxylic acids is 5. The minimum Gasteiger partial charge on any atom is -0.420 e. The molecule has 0 spiro atoms. The van der Waals surface area contributed by atoms with Gasteiger partial charge in [0, 0.05) is 98.2 Å². The van der Waals surface area contributed by atoms with Crippen LogP contribution >= 0.6 is 11.6 Å². The van der Waals surface area contributed by atoms with Crippen LogP contribution in [0, 0.1) is 11.8 Å². The maximum absolute atomic E-state index is 13.5. The van der Waals surface area contributed by atoms with Crippen LogP contribution in [0.3, 0.4) is 0 Å². The summed E-state index contributed by atoms with van der Waals surface area (Å²) >= 11 is 4.87. The number of nitrogens with zero attached hydrogens (tertiary/aromatic N) is 7. The Morgan fingerprint density at radius 1 is 0.844 bits per heavy atom. The molecule has 5 fully saturated rings. The molecule has 19 heteroatoms. The van der Waals surface area contributed by atoms with Gasteiger partial charge >= 0.3 is 5.57 Å². The summed E-state index contributed by atoms with van der Waals surface area (Å²) in [6, 6.07) is 12.2. The van der Waals surface area contributed by atoms with Crippen molar-refractivity contribution in [3.05, 3.63) is 83.8 Å². The summed E-state index contributed by atoms with van der Waals surface area (Å²) in [6.07, 6.45) is 9.61. The lowest BCUT2D eigenvalue weighted by Gasteiger charge is -2.36. The fourth-order valence-electron chi connectivity index (χ4n) is 10.5. The molecule has 2 unspecified atom stereocenters. The van der Waals surface area contributed by atoms with Gasteiger partial charge < -0.3 is 29.9 Å². The lowest BCUT2D eigenvalue weighted by Crippen LogP contribution is -2.54. The predicted molar refractivity (Wildman–Crippen MR) is 229 cm³/mol. The average molecular weight is 898 g/mol. The molecule has 5 amide bonds. The van der Waals surface area contributed by atoms with E-state index in [0.717, 1.165) is 68.0 Å². The number of imide groups is 2. The van der Waals surface area contributed by atoms with Gasteiger partial charge in [-0.2, -0.15) is 5.10 Å². The summed E-state index contributed by atoms with van der Waals surface area (Å²) in [5.74, 6) is -0.965. The van der Waals surface area contributed by atoms with E-state index >= 15 is 0 Å². The molecule has 0 radical (unpaired) electrons. The minimum absolute atomic E-state index is 0.0767. The van der Waals surface area contributed by atoms with Gasteiger partial charge in [-0.15, -0.1) is 8.78 Å². The standard InChI is InChI=1S/C45H46ClF2N9O7/c46-45(47,48)64-34-4-1-29(2-5-34)51-41(60)25-17-36(40(49-19-25)54-14-11-33(58)24-54)28-20-50-56(23-28)30-9-12-53(13-10-30)32-15-26-21-55(22-27(26)16-32)31-3-6-35-37(18-31)44(63)57(43(35)62)38-7-8-39(59)52-42(38)61/h1-6,17-20,23,26-27,30,32-33,38,58H,7-16,21-22,24H2,(H,51,60)(H,52,59,61)/t26-,27+,32?,33-,38?/m1/s1. The number of piperidine rings is 2. The Labute approximate surface area is 371 Å². The van der Waals surface area contributed by atoms with Gasteiger partial charge in [-0.1, -0.05) is 0 Å². The van der Waals surface area contributed by atoms with Crippen molar-refractivity contribution in [3.63, 3.8) is 0 Å². The molecule has 7 heterocycles. The van der Waals surface area contributed by atoms with Crippen molar-refractivity contribution in [3.8, 4) is 16.9 Å². The smallest absolute Gasteiger partial charge is 0.420 e. The third kappa shape index (κ3) is 8.18. The maximum atomic E-state index is 13.5. The van der Waals surface area contributed by atoms with E-state index in [2.05, 4.69) is 25.2 Å². The van der Waals surface area contributed by atoms with Gasteiger partial charge in [-0.25, -0.2) is 4.98 Å². The largest absolute Gasteiger partial charge is 0.487 e. The zero-order chi connectivity index (χ0) is 44.4. The summed E-state index contributed by atoms with van der Waals surface area (Å²) in [7, 11) is 0. The molecule has 1 saturated carbocycles. The normalized spacial score (nSPS) is 25.2. The quantitative estimate of drug-likeness (QED) is 0.145. The fourth-order valence-corrected chi connectivity index (χ4v) is 10.6. The molecule has 2 aromatic carbocycles. The molecule has 2 aromatic heterocycles. The Morgan fingerprint density at radius 2 is 1.58 bits per heavy atom. The number of aliphatic hydroxyl groups is 1. The molecule has 6 aliphatic rings. The molecule has 5 atom stereocenters. The second kappa shape index (κ2) is 16.5. The number of nitrogens with one attached hydrogen (secondary N) is 2. The summed E-state index contributed by atoms with van der Waals surface area (Å²) in [4.78, 5) is 76.9. The van der Waals surface area contributed by atoms with Gasteiger partial charge in [0.1, 0.15) is 17.6 Å². The molecule has 4 aromatic rings. The molecule has 0 bridgehead atoms. The summed E-state index contributed by atoms with van der Waals surface area (Å²) < 4.78 is 32.5. The number of rotatable bonds is 10. The maximum Gasteiger partial charge on any atom is 0.487 e. The molecule has 64 heavy (non-hydrogen) atoms. The first kappa shape index (κ1) is 42.0. The number of benzene rings is 2. The van der Waals surface area contributed by atoms with Crippen LogP contribution in [-0.2, 0) is 9.59 Å². The number of aliphatic hydroxyl groups excluding tert-OH is 1. The van der Waals surface area contributed by atoms with Crippen molar-refractivity contribution < 1.29 is 42.6 Å². The first-order valence-electron chi connectivity index (χ1n) is 21.7. The van der Waals surface area contributed by atoms with Gasteiger partial charge in [0.25, 0.3) is 17.7 Å². The molecule has 16 nitrogen and oxygen atoms in total. The first-order chi connectivity index (χ1) is 30.7. The van der Waals surface area contributed by atoms with E-state index in [4.69, 9.17) is 21.7 Å². The van der Waals surface area contributed by atoms with Crippen LogP contribution in [0.1, 0.15) is 82.1 Å². The number of likely N-dealkylation sites (tertiary alicyclic amines) is 1. The SMILES string of the molecule is O=C1CCC(N2C(=O)c3ccc(N4C[C@H]5CC(N6CCC(n7cc(-c8cc(C(=O)Nc9ccc(OC(F)(F)Cl)cc9)cnc8N8CC[C@@H](O)C8)cn7)CC6)C[C@H]5C4)cc3C2=O)C(=O)N1. The number of amides is 5. The van der Waals surface area contributed by atoms with Crippen molar-refractivity contribution in [2.45, 2.75) is 74.7 Å². The Balaban J connectivity index is 0.759. The van der Waals surface area contributed by atoms with Crippen LogP contribution in [0.15, 0.2) is 67.1 Å². The van der Waals surface area contributed by atoms with Crippen molar-refractivity contribution in [1.82, 2.24) is 29.9 Å². The van der Waals surface area contributed by atoms with Crippen LogP contribution in [-0.4, -0.2) is 122 Å². The Hall–Kier alpha value is -5.98. The summed E-state index contributed by atoms with van der Waals surface area (Å²) in [6.45, 7) is 4.63. The van der Waals surface area contributed by atoms with E-state index < -0.39 is 47.2 Å². The highest BCUT2D eigenvalue weighted by Gasteiger charge is 2.47. The van der Waals surface area contributed by atoms with E-state index in [-0.39, 0.29) is 35.8 Å². The molecule has 1 aliphatic carbocycles. The van der Waals surface area contributed by atoms with Gasteiger partial charge in [-0.3, -0.25) is 38.9 Å². The molecule has 10 rings (SSSR count). The van der Waals surface area contributed by atoms with Crippen LogP contribution in [0.25, 0.3) is 11.1 Å². The highest BCUT2D eigenvalue weighted by molar-refractivity contribution is 6.24. The van der Waals surface area contributed by atoms with Crippen LogP contribution in [0.5, 0.6) is 5.75 Å². The molecule has 3 N–H and O–H groups in total. The number of fused-ring (bicyclic) bond motifs is 2. The topological polar surface area (TPSA) is 183 Å². The Morgan fingerprint density at radius 3 is 2.27 bits per heavy atom. The minimum atomic E-state index is -3.86. The number of anilines is 3. The van der Waals surface area contributed by atoms with E-state index in [1.807, 2.05) is 21.8 Å². The number of hydrogen-bond acceptors (Lipinski definition) is 12. The van der Waals surface area contributed by atoms with Gasteiger partial charge in [-0.05, 0) is 98.9 Å². The van der Waals surface area contributed by atoms with E-state index in [1.54, 1.807) is 24.4 Å². The van der Waals surface area contributed by atoms with Gasteiger partial charge in [0.2, 0.25) is 11.8 Å². The van der Waals surface area contributed by atoms with E-state index in [0.29, 0.717) is 60.0 Å². The second-order valence-electron chi connectivity index (χ2n) is 17.7. The summed E-state index contributed by atoms with van der Waals surface area (Å²) in [5, 5.41) is 20.2. The number of aromatic nitrogens is 3. The van der Waals surface area contributed by atoms with Crippen LogP contribution in [0.2, 0.25) is 0 Å². The van der Waals surface area contributed by atoms with Crippen molar-refractivity contribution >= 4 is 58.3 Å². The number of hydrogen-bond donors (Lipinski definition) is 3. The second-order valence-corrected chi connectivity index (χ2v) is 18.2. The molecular weight excluding hydrogens is 852 g/mol. The zero-order valence-electron chi connectivity index (χ0n) is 34.7. The van der Waals surface area contributed by atoms with E-state index in [1.165, 1.54) is 30.5 Å². The molecule has 334 valence electrons. The number of halogens is 3. The lowest BCUT2D eigenvalue weighted by molar-refractivity contribution is -0.136. The van der Waals surface area contributed by atoms with Crippen molar-refractivity contribution in [2.75, 3.05) is 54.4 Å².